The Morgan fingerprint density at radius 1 is 1.12 bits per heavy atom. The fourth-order valence-corrected chi connectivity index (χ4v) is 3.73. The number of fused-ring (bicyclic) bond motifs is 1. The first-order chi connectivity index (χ1) is 15.2. The maximum atomic E-state index is 13.3. The molecule has 4 heterocycles. The molecule has 0 spiro atoms. The van der Waals surface area contributed by atoms with Gasteiger partial charge in [0.25, 0.3) is 5.91 Å². The predicted octanol–water partition coefficient (Wildman–Crippen LogP) is 3.63. The number of nitrogens with zero attached hydrogens (tertiary/aromatic N) is 5. The van der Waals surface area contributed by atoms with E-state index >= 15 is 0 Å². The Morgan fingerprint density at radius 2 is 1.94 bits per heavy atom. The van der Waals surface area contributed by atoms with Gasteiger partial charge in [-0.05, 0) is 18.6 Å². The van der Waals surface area contributed by atoms with Crippen LogP contribution in [-0.4, -0.2) is 63.0 Å². The fraction of sp³-hybridized carbons (Fsp3) is 0.400. The van der Waals surface area contributed by atoms with Crippen LogP contribution in [0.25, 0.3) is 10.9 Å². The van der Waals surface area contributed by atoms with Crippen LogP contribution in [0.4, 0.5) is 17.6 Å². The van der Waals surface area contributed by atoms with Crippen LogP contribution >= 0.6 is 11.6 Å². The summed E-state index contributed by atoms with van der Waals surface area (Å²) >= 11 is 6.02. The number of ether oxygens (including phenoxy) is 1. The normalized spacial score (nSPS) is 15.2. The molecular weight excluding hydrogens is 454 g/mol. The Hall–Kier alpha value is -2.79. The van der Waals surface area contributed by atoms with E-state index in [2.05, 4.69) is 15.1 Å². The van der Waals surface area contributed by atoms with Crippen LogP contribution in [0, 0.1) is 5.82 Å². The molecule has 170 valence electrons. The zero-order valence-electron chi connectivity index (χ0n) is 16.7. The van der Waals surface area contributed by atoms with Crippen LogP contribution < -0.4 is 0 Å². The van der Waals surface area contributed by atoms with Crippen molar-refractivity contribution in [2.24, 2.45) is 0 Å². The summed E-state index contributed by atoms with van der Waals surface area (Å²) < 4.78 is 58.9. The molecule has 1 fully saturated rings. The first-order valence-electron chi connectivity index (χ1n) is 9.80. The van der Waals surface area contributed by atoms with Gasteiger partial charge in [0.2, 0.25) is 0 Å². The SMILES string of the molecule is O=C(c1cc2c(cn1)c(Cc1ncc(F)cc1Cl)nn2CC(F)(F)F)N1CCCOCC1. The van der Waals surface area contributed by atoms with E-state index in [1.165, 1.54) is 12.3 Å². The lowest BCUT2D eigenvalue weighted by Gasteiger charge is -2.19. The second-order valence-corrected chi connectivity index (χ2v) is 7.73. The molecule has 7 nitrogen and oxygen atoms in total. The Kier molecular flexibility index (Phi) is 6.29. The number of rotatable bonds is 4. The molecule has 12 heteroatoms. The van der Waals surface area contributed by atoms with Gasteiger partial charge < -0.3 is 9.64 Å². The lowest BCUT2D eigenvalue weighted by atomic mass is 10.1. The van der Waals surface area contributed by atoms with Gasteiger partial charge in [0.05, 0.1) is 34.7 Å². The highest BCUT2D eigenvalue weighted by molar-refractivity contribution is 6.31. The van der Waals surface area contributed by atoms with Crippen molar-refractivity contribution in [3.8, 4) is 0 Å². The number of amides is 1. The van der Waals surface area contributed by atoms with E-state index in [9.17, 15) is 22.4 Å². The number of pyridine rings is 2. The Bertz CT molecular complexity index is 1140. The molecule has 0 aromatic carbocycles. The van der Waals surface area contributed by atoms with Gasteiger partial charge in [-0.2, -0.15) is 18.3 Å². The third kappa shape index (κ3) is 4.99. The molecule has 0 bridgehead atoms. The Labute approximate surface area is 184 Å². The molecule has 0 saturated carbocycles. The van der Waals surface area contributed by atoms with Crippen LogP contribution in [-0.2, 0) is 17.7 Å². The van der Waals surface area contributed by atoms with Gasteiger partial charge in [0.1, 0.15) is 18.1 Å². The van der Waals surface area contributed by atoms with Gasteiger partial charge in [0.15, 0.2) is 0 Å². The number of carbonyl (C=O) groups excluding carboxylic acids is 1. The summed E-state index contributed by atoms with van der Waals surface area (Å²) in [6.45, 7) is 0.428. The van der Waals surface area contributed by atoms with E-state index in [4.69, 9.17) is 16.3 Å². The maximum absolute atomic E-state index is 13.3. The third-order valence-electron chi connectivity index (χ3n) is 4.99. The molecule has 0 N–H and O–H groups in total. The van der Waals surface area contributed by atoms with E-state index < -0.39 is 18.5 Å². The number of alkyl halides is 3. The van der Waals surface area contributed by atoms with Gasteiger partial charge >= 0.3 is 6.18 Å². The molecule has 0 unspecified atom stereocenters. The van der Waals surface area contributed by atoms with Crippen molar-refractivity contribution < 1.29 is 27.1 Å². The molecule has 0 aliphatic carbocycles. The van der Waals surface area contributed by atoms with E-state index in [-0.39, 0.29) is 39.9 Å². The third-order valence-corrected chi connectivity index (χ3v) is 5.32. The first-order valence-corrected chi connectivity index (χ1v) is 10.2. The predicted molar refractivity (Wildman–Crippen MR) is 107 cm³/mol. The number of carbonyl (C=O) groups is 1. The van der Waals surface area contributed by atoms with Crippen molar-refractivity contribution in [1.82, 2.24) is 24.6 Å². The monoisotopic (exact) mass is 471 g/mol. The topological polar surface area (TPSA) is 73.1 Å². The van der Waals surface area contributed by atoms with Gasteiger partial charge in [-0.3, -0.25) is 19.4 Å². The summed E-state index contributed by atoms with van der Waals surface area (Å²) in [5.74, 6) is -1.02. The standard InChI is InChI=1S/C20H18ClF4N5O2/c21-14-6-12(22)9-26-16(14)7-15-13-10-27-17(19(31)29-2-1-4-32-5-3-29)8-18(13)30(28-15)11-20(23,24)25/h6,8-10H,1-5,7,11H2. The summed E-state index contributed by atoms with van der Waals surface area (Å²) in [6, 6.07) is 2.38. The molecular formula is C20H18ClF4N5O2. The second kappa shape index (κ2) is 8.99. The quantitative estimate of drug-likeness (QED) is 0.543. The van der Waals surface area contributed by atoms with Crippen LogP contribution in [0.15, 0.2) is 24.5 Å². The van der Waals surface area contributed by atoms with Crippen molar-refractivity contribution in [3.05, 3.63) is 52.4 Å². The smallest absolute Gasteiger partial charge is 0.380 e. The minimum absolute atomic E-state index is 0.0206. The van der Waals surface area contributed by atoms with Crippen molar-refractivity contribution in [2.75, 3.05) is 26.3 Å². The van der Waals surface area contributed by atoms with Crippen molar-refractivity contribution in [3.63, 3.8) is 0 Å². The highest BCUT2D eigenvalue weighted by Crippen LogP contribution is 2.27. The maximum Gasteiger partial charge on any atom is 0.408 e. The zero-order chi connectivity index (χ0) is 22.9. The molecule has 32 heavy (non-hydrogen) atoms. The highest BCUT2D eigenvalue weighted by atomic mass is 35.5. The lowest BCUT2D eigenvalue weighted by molar-refractivity contribution is -0.141. The van der Waals surface area contributed by atoms with Crippen LogP contribution in [0.1, 0.15) is 28.3 Å². The molecule has 1 amide bonds. The highest BCUT2D eigenvalue weighted by Gasteiger charge is 2.30. The largest absolute Gasteiger partial charge is 0.408 e. The van der Waals surface area contributed by atoms with E-state index in [0.717, 1.165) is 16.9 Å². The Balaban J connectivity index is 1.73. The fourth-order valence-electron chi connectivity index (χ4n) is 3.51. The number of aromatic nitrogens is 4. The van der Waals surface area contributed by atoms with Gasteiger partial charge in [-0.15, -0.1) is 0 Å². The molecule has 1 aliphatic heterocycles. The van der Waals surface area contributed by atoms with E-state index in [0.29, 0.717) is 38.1 Å². The van der Waals surface area contributed by atoms with Crippen LogP contribution in [0.5, 0.6) is 0 Å². The summed E-state index contributed by atoms with van der Waals surface area (Å²) in [7, 11) is 0. The number of hydrogen-bond acceptors (Lipinski definition) is 5. The Morgan fingerprint density at radius 3 is 2.69 bits per heavy atom. The van der Waals surface area contributed by atoms with E-state index in [1.54, 1.807) is 4.90 Å². The minimum Gasteiger partial charge on any atom is -0.380 e. The van der Waals surface area contributed by atoms with Crippen molar-refractivity contribution in [2.45, 2.75) is 25.6 Å². The first kappa shape index (κ1) is 22.4. The van der Waals surface area contributed by atoms with Crippen molar-refractivity contribution >= 4 is 28.4 Å². The molecule has 3 aromatic rings. The van der Waals surface area contributed by atoms with Crippen LogP contribution in [0.2, 0.25) is 5.02 Å². The van der Waals surface area contributed by atoms with Gasteiger partial charge in [-0.25, -0.2) is 4.39 Å². The summed E-state index contributed by atoms with van der Waals surface area (Å²) in [6.07, 6.45) is -1.61. The minimum atomic E-state index is -4.53. The molecule has 1 aliphatic rings. The summed E-state index contributed by atoms with van der Waals surface area (Å²) in [5.41, 5.74) is 0.628. The second-order valence-electron chi connectivity index (χ2n) is 7.32. The van der Waals surface area contributed by atoms with Gasteiger partial charge in [-0.1, -0.05) is 11.6 Å². The lowest BCUT2D eigenvalue weighted by Crippen LogP contribution is -2.33. The number of halogens is 5. The average Bonchev–Trinajstić information content (AvgIpc) is 2.90. The molecule has 3 aromatic heterocycles. The summed E-state index contributed by atoms with van der Waals surface area (Å²) in [5, 5.41) is 4.44. The van der Waals surface area contributed by atoms with Crippen molar-refractivity contribution in [1.29, 1.82) is 0 Å². The van der Waals surface area contributed by atoms with E-state index in [1.807, 2.05) is 0 Å². The summed E-state index contributed by atoms with van der Waals surface area (Å²) in [4.78, 5) is 22.5. The molecule has 0 atom stereocenters. The van der Waals surface area contributed by atoms with Gasteiger partial charge in [0, 0.05) is 37.7 Å². The molecule has 4 rings (SSSR count). The zero-order valence-corrected chi connectivity index (χ0v) is 17.5. The average molecular weight is 472 g/mol. The molecule has 0 radical (unpaired) electrons. The molecule has 1 saturated heterocycles. The van der Waals surface area contributed by atoms with Crippen LogP contribution in [0.3, 0.4) is 0 Å². The number of hydrogen-bond donors (Lipinski definition) is 0.